The first-order valence-electron chi connectivity index (χ1n) is 8.16. The van der Waals surface area contributed by atoms with E-state index in [1.807, 2.05) is 0 Å². The van der Waals surface area contributed by atoms with Gasteiger partial charge in [-0.15, -0.1) is 0 Å². The Hall–Kier alpha value is -3.56. The second kappa shape index (κ2) is 7.36. The predicted molar refractivity (Wildman–Crippen MR) is 95.9 cm³/mol. The zero-order valence-electron chi connectivity index (χ0n) is 14.9. The van der Waals surface area contributed by atoms with Crippen molar-refractivity contribution in [3.8, 4) is 0 Å². The summed E-state index contributed by atoms with van der Waals surface area (Å²) in [6.45, 7) is -0.169. The fourth-order valence-corrected chi connectivity index (χ4v) is 2.51. The van der Waals surface area contributed by atoms with Crippen molar-refractivity contribution >= 4 is 35.4 Å². The fraction of sp³-hybridized carbons (Fsp3) is 0.294. The van der Waals surface area contributed by atoms with Gasteiger partial charge in [-0.1, -0.05) is 0 Å². The van der Waals surface area contributed by atoms with E-state index in [1.165, 1.54) is 24.3 Å². The third-order valence-electron chi connectivity index (χ3n) is 3.83. The summed E-state index contributed by atoms with van der Waals surface area (Å²) in [5, 5.41) is 0. The first-order valence-corrected chi connectivity index (χ1v) is 8.16. The number of esters is 1. The molecule has 2 N–H and O–H groups in total. The Kier molecular flexibility index (Phi) is 4.97. The van der Waals surface area contributed by atoms with Gasteiger partial charge in [-0.25, -0.2) is 4.79 Å². The van der Waals surface area contributed by atoms with Crippen molar-refractivity contribution in [2.75, 3.05) is 29.6 Å². The minimum absolute atomic E-state index is 0.0315. The van der Waals surface area contributed by atoms with Crippen molar-refractivity contribution in [1.29, 1.82) is 0 Å². The molecule has 1 aromatic carbocycles. The number of anilines is 3. The van der Waals surface area contributed by atoms with Gasteiger partial charge >= 0.3 is 5.97 Å². The van der Waals surface area contributed by atoms with Gasteiger partial charge in [-0.2, -0.15) is 15.0 Å². The van der Waals surface area contributed by atoms with Crippen molar-refractivity contribution in [3.05, 3.63) is 35.7 Å². The predicted octanol–water partition coefficient (Wildman–Crippen LogP) is 0.530. The van der Waals surface area contributed by atoms with Crippen LogP contribution in [0.25, 0.3) is 0 Å². The Bertz CT molecular complexity index is 881. The van der Waals surface area contributed by atoms with Crippen LogP contribution in [0.1, 0.15) is 29.0 Å². The lowest BCUT2D eigenvalue weighted by Gasteiger charge is -2.14. The van der Waals surface area contributed by atoms with Gasteiger partial charge < -0.3 is 15.4 Å². The van der Waals surface area contributed by atoms with Gasteiger partial charge in [0, 0.05) is 26.9 Å². The van der Waals surface area contributed by atoms with E-state index in [1.54, 1.807) is 19.0 Å². The van der Waals surface area contributed by atoms with Gasteiger partial charge in [0.1, 0.15) is 0 Å². The SMILES string of the molecule is CN(C)c1nc(N)nc(COC(=O)c2ccc(N3C(=O)CCC3=O)cc2)n1. The van der Waals surface area contributed by atoms with Crippen LogP contribution in [0, 0.1) is 0 Å². The highest BCUT2D eigenvalue weighted by atomic mass is 16.5. The molecule has 0 radical (unpaired) electrons. The average molecular weight is 370 g/mol. The number of nitrogens with zero attached hydrogens (tertiary/aromatic N) is 5. The van der Waals surface area contributed by atoms with E-state index in [0.717, 1.165) is 4.90 Å². The maximum Gasteiger partial charge on any atom is 0.338 e. The van der Waals surface area contributed by atoms with Gasteiger partial charge in [0.15, 0.2) is 12.4 Å². The number of aromatic nitrogens is 3. The molecular weight excluding hydrogens is 352 g/mol. The molecule has 10 nitrogen and oxygen atoms in total. The molecule has 0 spiro atoms. The van der Waals surface area contributed by atoms with Crippen molar-refractivity contribution in [2.45, 2.75) is 19.4 Å². The highest BCUT2D eigenvalue weighted by Crippen LogP contribution is 2.23. The number of hydrogen-bond acceptors (Lipinski definition) is 9. The van der Waals surface area contributed by atoms with Crippen LogP contribution in [-0.4, -0.2) is 46.8 Å². The number of imide groups is 1. The van der Waals surface area contributed by atoms with E-state index in [9.17, 15) is 14.4 Å². The summed E-state index contributed by atoms with van der Waals surface area (Å²) in [5.74, 6) is -0.476. The lowest BCUT2D eigenvalue weighted by Crippen LogP contribution is -2.28. The van der Waals surface area contributed by atoms with E-state index in [2.05, 4.69) is 15.0 Å². The van der Waals surface area contributed by atoms with Crippen molar-refractivity contribution < 1.29 is 19.1 Å². The quantitative estimate of drug-likeness (QED) is 0.591. The number of nitrogen functional groups attached to an aromatic ring is 1. The number of carbonyl (C=O) groups is 3. The molecule has 27 heavy (non-hydrogen) atoms. The number of rotatable bonds is 5. The average Bonchev–Trinajstić information content (AvgIpc) is 2.98. The summed E-state index contributed by atoms with van der Waals surface area (Å²) in [4.78, 5) is 50.5. The summed E-state index contributed by atoms with van der Waals surface area (Å²) in [6, 6.07) is 6.04. The molecule has 3 rings (SSSR count). The van der Waals surface area contributed by atoms with Crippen LogP contribution in [-0.2, 0) is 20.9 Å². The molecule has 1 saturated heterocycles. The van der Waals surface area contributed by atoms with Gasteiger partial charge in [0.25, 0.3) is 0 Å². The topological polar surface area (TPSA) is 132 Å². The fourth-order valence-electron chi connectivity index (χ4n) is 2.51. The van der Waals surface area contributed by atoms with Crippen LogP contribution in [0.5, 0.6) is 0 Å². The third-order valence-corrected chi connectivity index (χ3v) is 3.83. The first-order chi connectivity index (χ1) is 12.8. The minimum atomic E-state index is -0.592. The standard InChI is InChI=1S/C17H18N6O4/c1-22(2)17-20-12(19-16(18)21-17)9-27-15(26)10-3-5-11(6-4-10)23-13(24)7-8-14(23)25/h3-6H,7-9H2,1-2H3,(H2,18,19,20,21). The summed E-state index contributed by atoms with van der Waals surface area (Å²) in [6.07, 6.45) is 0.402. The first kappa shape index (κ1) is 18.2. The van der Waals surface area contributed by atoms with Crippen LogP contribution in [0.3, 0.4) is 0 Å². The number of hydrogen-bond donors (Lipinski definition) is 1. The molecule has 0 aliphatic carbocycles. The molecule has 0 unspecified atom stereocenters. The lowest BCUT2D eigenvalue weighted by molar-refractivity contribution is -0.121. The Balaban J connectivity index is 1.67. The number of amides is 2. The Morgan fingerprint density at radius 1 is 1.11 bits per heavy atom. The smallest absolute Gasteiger partial charge is 0.338 e. The number of nitrogens with two attached hydrogens (primary N) is 1. The zero-order chi connectivity index (χ0) is 19.6. The Morgan fingerprint density at radius 2 is 1.74 bits per heavy atom. The van der Waals surface area contributed by atoms with Crippen molar-refractivity contribution in [3.63, 3.8) is 0 Å². The molecule has 10 heteroatoms. The maximum atomic E-state index is 12.2. The van der Waals surface area contributed by atoms with E-state index < -0.39 is 5.97 Å². The molecule has 1 aliphatic rings. The van der Waals surface area contributed by atoms with Crippen molar-refractivity contribution in [2.24, 2.45) is 0 Å². The Labute approximate surface area is 155 Å². The molecular formula is C17H18N6O4. The third kappa shape index (κ3) is 4.00. The minimum Gasteiger partial charge on any atom is -0.454 e. The van der Waals surface area contributed by atoms with E-state index in [4.69, 9.17) is 10.5 Å². The molecule has 2 aromatic rings. The van der Waals surface area contributed by atoms with Crippen LogP contribution < -0.4 is 15.5 Å². The van der Waals surface area contributed by atoms with Crippen LogP contribution >= 0.6 is 0 Å². The summed E-state index contributed by atoms with van der Waals surface area (Å²) in [5.41, 5.74) is 6.33. The number of benzene rings is 1. The van der Waals surface area contributed by atoms with E-state index in [-0.39, 0.29) is 48.6 Å². The zero-order valence-corrected chi connectivity index (χ0v) is 14.9. The molecule has 0 saturated carbocycles. The summed E-state index contributed by atoms with van der Waals surface area (Å²) >= 11 is 0. The second-order valence-corrected chi connectivity index (χ2v) is 6.05. The van der Waals surface area contributed by atoms with Crippen molar-refractivity contribution in [1.82, 2.24) is 15.0 Å². The number of carbonyl (C=O) groups excluding carboxylic acids is 3. The van der Waals surface area contributed by atoms with Crippen LogP contribution in [0.2, 0.25) is 0 Å². The van der Waals surface area contributed by atoms with E-state index >= 15 is 0 Å². The summed E-state index contributed by atoms with van der Waals surface area (Å²) in [7, 11) is 3.50. The van der Waals surface area contributed by atoms with E-state index in [0.29, 0.717) is 11.6 Å². The highest BCUT2D eigenvalue weighted by Gasteiger charge is 2.30. The molecule has 140 valence electrons. The molecule has 1 aromatic heterocycles. The molecule has 2 amide bonds. The molecule has 0 atom stereocenters. The van der Waals surface area contributed by atoms with Gasteiger partial charge in [-0.3, -0.25) is 14.5 Å². The normalized spacial score (nSPS) is 13.8. The molecule has 0 bridgehead atoms. The maximum absolute atomic E-state index is 12.2. The van der Waals surface area contributed by atoms with Crippen LogP contribution in [0.15, 0.2) is 24.3 Å². The largest absolute Gasteiger partial charge is 0.454 e. The highest BCUT2D eigenvalue weighted by molar-refractivity contribution is 6.19. The Morgan fingerprint density at radius 3 is 2.33 bits per heavy atom. The second-order valence-electron chi connectivity index (χ2n) is 6.05. The van der Waals surface area contributed by atoms with Gasteiger partial charge in [-0.05, 0) is 24.3 Å². The number of ether oxygens (including phenoxy) is 1. The lowest BCUT2D eigenvalue weighted by atomic mass is 10.2. The molecule has 2 heterocycles. The van der Waals surface area contributed by atoms with Crippen LogP contribution in [0.4, 0.5) is 17.6 Å². The monoisotopic (exact) mass is 370 g/mol. The molecule has 1 aliphatic heterocycles. The van der Waals surface area contributed by atoms with Gasteiger partial charge in [0.2, 0.25) is 23.7 Å². The van der Waals surface area contributed by atoms with Gasteiger partial charge in [0.05, 0.1) is 11.3 Å². The molecule has 1 fully saturated rings. The summed E-state index contributed by atoms with van der Waals surface area (Å²) < 4.78 is 5.20.